The summed E-state index contributed by atoms with van der Waals surface area (Å²) in [6.07, 6.45) is 5.90. The molecule has 100 valence electrons. The standard InChI is InChI=1S/C15H22O3/c1-3-4-5-6-7-11-14(16)18-13-10-8-9-12(2)15(13)17/h8-10,17H,3-7,11H2,1-2H3. The molecule has 0 amide bonds. The Balaban J connectivity index is 2.34. The summed E-state index contributed by atoms with van der Waals surface area (Å²) >= 11 is 0. The number of carbonyl (C=O) groups is 1. The lowest BCUT2D eigenvalue weighted by atomic mass is 10.1. The summed E-state index contributed by atoms with van der Waals surface area (Å²) in [5.41, 5.74) is 0.711. The third kappa shape index (κ3) is 4.78. The van der Waals surface area contributed by atoms with Crippen molar-refractivity contribution in [2.45, 2.75) is 52.4 Å². The maximum Gasteiger partial charge on any atom is 0.311 e. The Hall–Kier alpha value is -1.51. The Labute approximate surface area is 109 Å². The summed E-state index contributed by atoms with van der Waals surface area (Å²) in [7, 11) is 0. The number of aryl methyl sites for hydroxylation is 1. The number of carbonyl (C=O) groups excluding carboxylic acids is 1. The minimum absolute atomic E-state index is 0.0526. The molecule has 0 spiro atoms. The minimum Gasteiger partial charge on any atom is -0.504 e. The molecule has 0 atom stereocenters. The first-order chi connectivity index (χ1) is 8.65. The van der Waals surface area contributed by atoms with Gasteiger partial charge in [-0.05, 0) is 25.0 Å². The molecule has 1 aromatic rings. The van der Waals surface area contributed by atoms with Crippen LogP contribution in [0.15, 0.2) is 18.2 Å². The van der Waals surface area contributed by atoms with Gasteiger partial charge in [-0.15, -0.1) is 0 Å². The van der Waals surface area contributed by atoms with E-state index >= 15 is 0 Å². The van der Waals surface area contributed by atoms with Crippen LogP contribution in [0, 0.1) is 6.92 Å². The quantitative estimate of drug-likeness (QED) is 0.452. The van der Waals surface area contributed by atoms with Gasteiger partial charge in [0.15, 0.2) is 11.5 Å². The van der Waals surface area contributed by atoms with Crippen molar-refractivity contribution in [2.75, 3.05) is 0 Å². The summed E-state index contributed by atoms with van der Waals surface area (Å²) in [6.45, 7) is 3.94. The monoisotopic (exact) mass is 250 g/mol. The first-order valence-electron chi connectivity index (χ1n) is 6.64. The van der Waals surface area contributed by atoms with E-state index in [-0.39, 0.29) is 17.5 Å². The SMILES string of the molecule is CCCCCCCC(=O)Oc1cccc(C)c1O. The number of esters is 1. The number of phenols is 1. The van der Waals surface area contributed by atoms with Gasteiger partial charge in [0.25, 0.3) is 0 Å². The third-order valence-electron chi connectivity index (χ3n) is 2.91. The van der Waals surface area contributed by atoms with Crippen LogP contribution in [0.25, 0.3) is 0 Å². The molecule has 0 aliphatic carbocycles. The third-order valence-corrected chi connectivity index (χ3v) is 2.91. The largest absolute Gasteiger partial charge is 0.504 e. The van der Waals surface area contributed by atoms with E-state index in [2.05, 4.69) is 6.92 Å². The molecule has 1 N–H and O–H groups in total. The van der Waals surface area contributed by atoms with Crippen LogP contribution >= 0.6 is 0 Å². The smallest absolute Gasteiger partial charge is 0.311 e. The van der Waals surface area contributed by atoms with E-state index in [4.69, 9.17) is 4.74 Å². The van der Waals surface area contributed by atoms with Crippen LogP contribution < -0.4 is 4.74 Å². The Morgan fingerprint density at radius 1 is 1.22 bits per heavy atom. The fourth-order valence-electron chi connectivity index (χ4n) is 1.76. The zero-order chi connectivity index (χ0) is 13.4. The first-order valence-corrected chi connectivity index (χ1v) is 6.64. The predicted octanol–water partition coefficient (Wildman–Crippen LogP) is 3.97. The Morgan fingerprint density at radius 3 is 2.67 bits per heavy atom. The van der Waals surface area contributed by atoms with E-state index in [1.807, 2.05) is 0 Å². The molecule has 0 aliphatic heterocycles. The molecule has 0 radical (unpaired) electrons. The van der Waals surface area contributed by atoms with Gasteiger partial charge < -0.3 is 9.84 Å². The van der Waals surface area contributed by atoms with E-state index in [1.165, 1.54) is 19.3 Å². The second-order valence-corrected chi connectivity index (χ2v) is 4.56. The molecule has 0 saturated carbocycles. The van der Waals surface area contributed by atoms with Crippen LogP contribution in [0.4, 0.5) is 0 Å². The highest BCUT2D eigenvalue weighted by Crippen LogP contribution is 2.29. The second kappa shape index (κ2) is 7.75. The van der Waals surface area contributed by atoms with Gasteiger partial charge in [0.05, 0.1) is 0 Å². The summed E-state index contributed by atoms with van der Waals surface area (Å²) in [5.74, 6) is 0.0396. The molecule has 18 heavy (non-hydrogen) atoms. The number of unbranched alkanes of at least 4 members (excludes halogenated alkanes) is 4. The number of ether oxygens (including phenoxy) is 1. The summed E-state index contributed by atoms with van der Waals surface area (Å²) in [4.78, 5) is 11.6. The predicted molar refractivity (Wildman–Crippen MR) is 71.9 cm³/mol. The number of para-hydroxylation sites is 1. The van der Waals surface area contributed by atoms with Gasteiger partial charge >= 0.3 is 5.97 Å². The average Bonchev–Trinajstić information content (AvgIpc) is 2.35. The van der Waals surface area contributed by atoms with Crippen molar-refractivity contribution in [1.29, 1.82) is 0 Å². The number of hydrogen-bond acceptors (Lipinski definition) is 3. The number of rotatable bonds is 7. The van der Waals surface area contributed by atoms with Gasteiger partial charge in [0.1, 0.15) is 0 Å². The van der Waals surface area contributed by atoms with Gasteiger partial charge in [-0.1, -0.05) is 44.7 Å². The van der Waals surface area contributed by atoms with Crippen LogP contribution in [-0.4, -0.2) is 11.1 Å². The van der Waals surface area contributed by atoms with Crippen molar-refractivity contribution >= 4 is 5.97 Å². The maximum absolute atomic E-state index is 11.6. The Bertz CT molecular complexity index is 385. The molecule has 3 heteroatoms. The van der Waals surface area contributed by atoms with Crippen LogP contribution in [-0.2, 0) is 4.79 Å². The van der Waals surface area contributed by atoms with Gasteiger partial charge in [0.2, 0.25) is 0 Å². The van der Waals surface area contributed by atoms with E-state index in [0.29, 0.717) is 12.0 Å². The fourth-order valence-corrected chi connectivity index (χ4v) is 1.76. The minimum atomic E-state index is -0.271. The topological polar surface area (TPSA) is 46.5 Å². The van der Waals surface area contributed by atoms with Crippen molar-refractivity contribution in [3.05, 3.63) is 23.8 Å². The maximum atomic E-state index is 11.6. The summed E-state index contributed by atoms with van der Waals surface area (Å²) < 4.78 is 5.14. The summed E-state index contributed by atoms with van der Waals surface area (Å²) in [5, 5.41) is 9.71. The summed E-state index contributed by atoms with van der Waals surface area (Å²) in [6, 6.07) is 5.15. The van der Waals surface area contributed by atoms with Gasteiger partial charge in [-0.3, -0.25) is 4.79 Å². The Kier molecular flexibility index (Phi) is 6.26. The Morgan fingerprint density at radius 2 is 1.94 bits per heavy atom. The molecule has 0 saturated heterocycles. The van der Waals surface area contributed by atoms with Gasteiger partial charge in [-0.2, -0.15) is 0 Å². The molecule has 1 aromatic carbocycles. The van der Waals surface area contributed by atoms with Crippen molar-refractivity contribution < 1.29 is 14.6 Å². The highest BCUT2D eigenvalue weighted by molar-refractivity contribution is 5.73. The molecule has 0 bridgehead atoms. The van der Waals surface area contributed by atoms with Gasteiger partial charge in [0, 0.05) is 6.42 Å². The van der Waals surface area contributed by atoms with E-state index in [1.54, 1.807) is 25.1 Å². The first kappa shape index (κ1) is 14.6. The van der Waals surface area contributed by atoms with Crippen molar-refractivity contribution in [3.8, 4) is 11.5 Å². The zero-order valence-corrected chi connectivity index (χ0v) is 11.2. The van der Waals surface area contributed by atoms with E-state index < -0.39 is 0 Å². The number of phenolic OH excluding ortho intramolecular Hbond substituents is 1. The zero-order valence-electron chi connectivity index (χ0n) is 11.2. The molecule has 0 aromatic heterocycles. The van der Waals surface area contributed by atoms with E-state index in [0.717, 1.165) is 12.8 Å². The van der Waals surface area contributed by atoms with Crippen LogP contribution in [0.1, 0.15) is 51.0 Å². The molecule has 1 rings (SSSR count). The molecule has 0 heterocycles. The van der Waals surface area contributed by atoms with Crippen molar-refractivity contribution in [3.63, 3.8) is 0 Å². The number of benzene rings is 1. The highest BCUT2D eigenvalue weighted by atomic mass is 16.5. The normalized spacial score (nSPS) is 10.3. The van der Waals surface area contributed by atoms with Crippen molar-refractivity contribution in [2.24, 2.45) is 0 Å². The van der Waals surface area contributed by atoms with Crippen LogP contribution in [0.5, 0.6) is 11.5 Å². The van der Waals surface area contributed by atoms with Crippen LogP contribution in [0.2, 0.25) is 0 Å². The molecule has 0 fully saturated rings. The molecular formula is C15H22O3. The lowest BCUT2D eigenvalue weighted by Gasteiger charge is -2.07. The molecule has 3 nitrogen and oxygen atoms in total. The highest BCUT2D eigenvalue weighted by Gasteiger charge is 2.09. The van der Waals surface area contributed by atoms with Crippen molar-refractivity contribution in [1.82, 2.24) is 0 Å². The van der Waals surface area contributed by atoms with E-state index in [9.17, 15) is 9.90 Å². The number of aromatic hydroxyl groups is 1. The lowest BCUT2D eigenvalue weighted by Crippen LogP contribution is -2.07. The van der Waals surface area contributed by atoms with Gasteiger partial charge in [-0.25, -0.2) is 0 Å². The van der Waals surface area contributed by atoms with Crippen LogP contribution in [0.3, 0.4) is 0 Å². The lowest BCUT2D eigenvalue weighted by molar-refractivity contribution is -0.134. The molecular weight excluding hydrogens is 228 g/mol. The number of hydrogen-bond donors (Lipinski definition) is 1. The molecule has 0 aliphatic rings. The fraction of sp³-hybridized carbons (Fsp3) is 0.533. The second-order valence-electron chi connectivity index (χ2n) is 4.56. The average molecular weight is 250 g/mol. The molecule has 0 unspecified atom stereocenters.